The molecule has 0 amide bonds. The van der Waals surface area contributed by atoms with Gasteiger partial charge in [-0.15, -0.1) is 0 Å². The fourth-order valence-electron chi connectivity index (χ4n) is 2.48. The summed E-state index contributed by atoms with van der Waals surface area (Å²) in [6.07, 6.45) is 0. The van der Waals surface area contributed by atoms with Crippen molar-refractivity contribution in [1.82, 2.24) is 0 Å². The summed E-state index contributed by atoms with van der Waals surface area (Å²) >= 11 is 3.22. The number of ketones is 1. The molecule has 1 rings (SSSR count). The number of nitro groups is 1. The van der Waals surface area contributed by atoms with Gasteiger partial charge in [0.2, 0.25) is 6.54 Å². The summed E-state index contributed by atoms with van der Waals surface area (Å²) in [7, 11) is 0. The Morgan fingerprint density at radius 3 is 2.20 bits per heavy atom. The number of alkyl halides is 1. The number of ether oxygens (including phenoxy) is 1. The van der Waals surface area contributed by atoms with Crippen LogP contribution in [-0.2, 0) is 14.3 Å². The van der Waals surface area contributed by atoms with Crippen molar-refractivity contribution in [3.8, 4) is 0 Å². The molecule has 0 fully saturated rings. The van der Waals surface area contributed by atoms with Crippen molar-refractivity contribution >= 4 is 27.7 Å². The summed E-state index contributed by atoms with van der Waals surface area (Å²) in [6.45, 7) is 4.77. The lowest BCUT2D eigenvalue weighted by atomic mass is 9.72. The number of carbonyl (C=O) groups is 2. The first-order valence-corrected chi connectivity index (χ1v) is 8.52. The predicted octanol–water partition coefficient (Wildman–Crippen LogP) is 3.70. The zero-order chi connectivity index (χ0) is 19.4. The Balaban J connectivity index is 3.57. The molecule has 0 heterocycles. The minimum absolute atomic E-state index is 0.145. The van der Waals surface area contributed by atoms with Crippen LogP contribution in [0.2, 0.25) is 0 Å². The first-order valence-electron chi connectivity index (χ1n) is 7.72. The molecule has 6 nitrogen and oxygen atoms in total. The summed E-state index contributed by atoms with van der Waals surface area (Å²) in [4.78, 5) is 35.5. The first kappa shape index (κ1) is 21.2. The number of halogens is 2. The Bertz CT molecular complexity index is 656. The molecular weight excluding hydrogens is 397 g/mol. The third kappa shape index (κ3) is 4.84. The van der Waals surface area contributed by atoms with Crippen LogP contribution in [0.1, 0.15) is 39.2 Å². The topological polar surface area (TPSA) is 86.5 Å². The Labute approximate surface area is 154 Å². The molecule has 0 aromatic heterocycles. The van der Waals surface area contributed by atoms with Crippen LogP contribution >= 0.6 is 15.9 Å². The fraction of sp³-hybridized carbons (Fsp3) is 0.529. The van der Waals surface area contributed by atoms with Gasteiger partial charge < -0.3 is 4.74 Å². The molecule has 0 saturated carbocycles. The van der Waals surface area contributed by atoms with Gasteiger partial charge in [-0.3, -0.25) is 14.9 Å². The Morgan fingerprint density at radius 1 is 1.28 bits per heavy atom. The van der Waals surface area contributed by atoms with Crippen LogP contribution in [0, 0.1) is 15.5 Å². The number of hydrogen-bond acceptors (Lipinski definition) is 5. The number of carbonyl (C=O) groups excluding carboxylic acids is 2. The molecule has 0 unspecified atom stereocenters. The van der Waals surface area contributed by atoms with Gasteiger partial charge in [0.1, 0.15) is 5.92 Å². The molecule has 0 aliphatic heterocycles. The van der Waals surface area contributed by atoms with Crippen molar-refractivity contribution < 1.29 is 23.6 Å². The van der Waals surface area contributed by atoms with E-state index in [1.807, 2.05) is 0 Å². The molecule has 138 valence electrons. The summed E-state index contributed by atoms with van der Waals surface area (Å²) in [5.41, 5.74) is -4.21. The van der Waals surface area contributed by atoms with E-state index in [1.165, 1.54) is 39.8 Å². The van der Waals surface area contributed by atoms with E-state index in [2.05, 4.69) is 15.9 Å². The van der Waals surface area contributed by atoms with Gasteiger partial charge in [-0.1, -0.05) is 48.8 Å². The maximum absolute atomic E-state index is 15.9. The molecule has 25 heavy (non-hydrogen) atoms. The minimum atomic E-state index is -3.16. The number of hydrogen-bond donors (Lipinski definition) is 0. The van der Waals surface area contributed by atoms with E-state index in [0.29, 0.717) is 4.47 Å². The molecule has 0 radical (unpaired) electrons. The van der Waals surface area contributed by atoms with E-state index in [1.54, 1.807) is 12.1 Å². The SMILES string of the molecule is CCOC(=O)[C@@](F)(C(=O)C(C)(C)C)[C@@H](C[N+](=O)[O-])c1ccc(Br)cc1. The second-order valence-electron chi connectivity index (χ2n) is 6.63. The number of benzene rings is 1. The van der Waals surface area contributed by atoms with Crippen LogP contribution in [0.3, 0.4) is 0 Å². The minimum Gasteiger partial charge on any atom is -0.463 e. The van der Waals surface area contributed by atoms with E-state index < -0.39 is 40.2 Å². The van der Waals surface area contributed by atoms with E-state index in [9.17, 15) is 19.7 Å². The standard InChI is InChI=1S/C17H21BrFNO5/c1-5-25-15(22)17(19,14(21)16(2,3)4)13(10-20(23)24)11-6-8-12(18)9-7-11/h6-9,13H,5,10H2,1-4H3/t13-,17-/m0/s1. The highest BCUT2D eigenvalue weighted by atomic mass is 79.9. The zero-order valence-corrected chi connectivity index (χ0v) is 16.1. The number of rotatable bonds is 7. The monoisotopic (exact) mass is 417 g/mol. The lowest BCUT2D eigenvalue weighted by Crippen LogP contribution is -2.54. The van der Waals surface area contributed by atoms with Gasteiger partial charge in [0.05, 0.1) is 6.61 Å². The van der Waals surface area contributed by atoms with Crippen molar-refractivity contribution in [3.63, 3.8) is 0 Å². The molecule has 0 saturated heterocycles. The van der Waals surface area contributed by atoms with Gasteiger partial charge in [0, 0.05) is 14.8 Å². The van der Waals surface area contributed by atoms with Crippen molar-refractivity contribution in [3.05, 3.63) is 44.4 Å². The highest BCUT2D eigenvalue weighted by Gasteiger charge is 2.59. The molecule has 0 aliphatic rings. The largest absolute Gasteiger partial charge is 0.463 e. The highest BCUT2D eigenvalue weighted by Crippen LogP contribution is 2.39. The average molecular weight is 418 g/mol. The van der Waals surface area contributed by atoms with E-state index in [0.717, 1.165) is 0 Å². The van der Waals surface area contributed by atoms with E-state index >= 15 is 4.39 Å². The maximum Gasteiger partial charge on any atom is 0.352 e. The molecule has 0 aliphatic carbocycles. The van der Waals surface area contributed by atoms with Crippen LogP contribution < -0.4 is 0 Å². The third-order valence-corrected chi connectivity index (χ3v) is 4.20. The molecule has 8 heteroatoms. The van der Waals surface area contributed by atoms with Gasteiger partial charge in [-0.2, -0.15) is 0 Å². The van der Waals surface area contributed by atoms with E-state index in [-0.39, 0.29) is 12.2 Å². The third-order valence-electron chi connectivity index (χ3n) is 3.67. The predicted molar refractivity (Wildman–Crippen MR) is 93.7 cm³/mol. The van der Waals surface area contributed by atoms with Crippen molar-refractivity contribution in [2.24, 2.45) is 5.41 Å². The fourth-order valence-corrected chi connectivity index (χ4v) is 2.74. The van der Waals surface area contributed by atoms with Crippen molar-refractivity contribution in [1.29, 1.82) is 0 Å². The highest BCUT2D eigenvalue weighted by molar-refractivity contribution is 9.10. The number of nitrogens with zero attached hydrogens (tertiary/aromatic N) is 1. The Morgan fingerprint density at radius 2 is 1.80 bits per heavy atom. The lowest BCUT2D eigenvalue weighted by Gasteiger charge is -2.33. The molecule has 1 aromatic rings. The summed E-state index contributed by atoms with van der Waals surface area (Å²) in [6, 6.07) is 6.02. The van der Waals surface area contributed by atoms with Gasteiger partial charge >= 0.3 is 5.97 Å². The number of esters is 1. The quantitative estimate of drug-likeness (QED) is 0.292. The summed E-state index contributed by atoms with van der Waals surface area (Å²) in [5, 5.41) is 11.1. The lowest BCUT2D eigenvalue weighted by molar-refractivity contribution is -0.485. The number of Topliss-reactive ketones (excluding diaryl/α,β-unsaturated/α-hetero) is 1. The molecule has 2 atom stereocenters. The second kappa shape index (κ2) is 8.03. The maximum atomic E-state index is 15.9. The van der Waals surface area contributed by atoms with Crippen LogP contribution in [0.5, 0.6) is 0 Å². The summed E-state index contributed by atoms with van der Waals surface area (Å²) in [5.74, 6) is -4.04. The molecular formula is C17H21BrFNO5. The normalized spacial score (nSPS) is 15.1. The van der Waals surface area contributed by atoms with Crippen molar-refractivity contribution in [2.45, 2.75) is 39.3 Å². The Kier molecular flexibility index (Phi) is 6.82. The van der Waals surface area contributed by atoms with E-state index in [4.69, 9.17) is 4.74 Å². The molecule has 0 N–H and O–H groups in total. The Hall–Kier alpha value is -1.83. The molecule has 0 bridgehead atoms. The molecule has 0 spiro atoms. The van der Waals surface area contributed by atoms with Crippen LogP contribution in [0.15, 0.2) is 28.7 Å². The van der Waals surface area contributed by atoms with Crippen LogP contribution in [0.4, 0.5) is 4.39 Å². The van der Waals surface area contributed by atoms with Gasteiger partial charge in [0.15, 0.2) is 5.78 Å². The molecule has 1 aromatic carbocycles. The smallest absolute Gasteiger partial charge is 0.352 e. The van der Waals surface area contributed by atoms with Gasteiger partial charge in [-0.05, 0) is 24.6 Å². The van der Waals surface area contributed by atoms with Gasteiger partial charge in [-0.25, -0.2) is 9.18 Å². The second-order valence-corrected chi connectivity index (χ2v) is 7.55. The summed E-state index contributed by atoms with van der Waals surface area (Å²) < 4.78 is 21.4. The average Bonchev–Trinajstić information content (AvgIpc) is 2.51. The van der Waals surface area contributed by atoms with Crippen LogP contribution in [-0.4, -0.2) is 35.5 Å². The van der Waals surface area contributed by atoms with Gasteiger partial charge in [0.25, 0.3) is 5.67 Å². The first-order chi connectivity index (χ1) is 11.4. The van der Waals surface area contributed by atoms with Crippen LogP contribution in [0.25, 0.3) is 0 Å². The zero-order valence-electron chi connectivity index (χ0n) is 14.5. The van der Waals surface area contributed by atoms with Crippen molar-refractivity contribution in [2.75, 3.05) is 13.2 Å².